The second-order valence-corrected chi connectivity index (χ2v) is 9.11. The summed E-state index contributed by atoms with van der Waals surface area (Å²) in [7, 11) is 0. The monoisotopic (exact) mass is 474 g/mol. The van der Waals surface area contributed by atoms with E-state index in [1.807, 2.05) is 13.8 Å². The smallest absolute Gasteiger partial charge is 0.338 e. The van der Waals surface area contributed by atoms with Gasteiger partial charge in [-0.2, -0.15) is 0 Å². The largest absolute Gasteiger partial charge is 0.494 e. The SMILES string of the molecule is CCOc1ccc(NC(=O)COC(=O)c2ccc(N3C(=O)[C@@H]4[C@H](C3=O)[C@H]3C=C(C)[C@H]4C3)cc2)cc1. The highest BCUT2D eigenvalue weighted by atomic mass is 16.5. The lowest BCUT2D eigenvalue weighted by Crippen LogP contribution is -2.33. The molecule has 8 heteroatoms. The number of imide groups is 1. The lowest BCUT2D eigenvalue weighted by molar-refractivity contribution is -0.123. The maximum Gasteiger partial charge on any atom is 0.338 e. The minimum atomic E-state index is -0.674. The highest BCUT2D eigenvalue weighted by Gasteiger charge is 2.60. The Morgan fingerprint density at radius 1 is 1.00 bits per heavy atom. The first-order valence-corrected chi connectivity index (χ1v) is 11.7. The van der Waals surface area contributed by atoms with Crippen LogP contribution in [-0.4, -0.2) is 36.9 Å². The van der Waals surface area contributed by atoms with Crippen LogP contribution >= 0.6 is 0 Å². The van der Waals surface area contributed by atoms with Crippen molar-refractivity contribution < 1.29 is 28.7 Å². The number of esters is 1. The number of benzene rings is 2. The summed E-state index contributed by atoms with van der Waals surface area (Å²) >= 11 is 0. The zero-order valence-electron chi connectivity index (χ0n) is 19.5. The number of allylic oxidation sites excluding steroid dienone is 2. The van der Waals surface area contributed by atoms with E-state index in [4.69, 9.17) is 9.47 Å². The van der Waals surface area contributed by atoms with Crippen molar-refractivity contribution in [2.45, 2.75) is 20.3 Å². The second-order valence-electron chi connectivity index (χ2n) is 9.11. The topological polar surface area (TPSA) is 102 Å². The molecule has 0 spiro atoms. The zero-order valence-corrected chi connectivity index (χ0v) is 19.5. The fourth-order valence-corrected chi connectivity index (χ4v) is 5.49. The van der Waals surface area contributed by atoms with Gasteiger partial charge in [-0.25, -0.2) is 4.79 Å². The number of fused-ring (bicyclic) bond motifs is 5. The fraction of sp³-hybridized carbons (Fsp3) is 0.333. The molecule has 0 unspecified atom stereocenters. The Bertz CT molecular complexity index is 1220. The van der Waals surface area contributed by atoms with Crippen molar-refractivity contribution in [1.29, 1.82) is 0 Å². The van der Waals surface area contributed by atoms with Gasteiger partial charge in [0.1, 0.15) is 5.75 Å². The highest BCUT2D eigenvalue weighted by molar-refractivity contribution is 6.23. The third-order valence-corrected chi connectivity index (χ3v) is 7.03. The Morgan fingerprint density at radius 2 is 1.69 bits per heavy atom. The first-order chi connectivity index (χ1) is 16.9. The number of carbonyl (C=O) groups excluding carboxylic acids is 4. The molecule has 2 bridgehead atoms. The number of rotatable bonds is 7. The molecule has 1 saturated heterocycles. The van der Waals surface area contributed by atoms with E-state index in [9.17, 15) is 19.2 Å². The Balaban J connectivity index is 1.17. The standard InChI is InChI=1S/C27H26N2O6/c1-3-34-20-10-6-18(7-11-20)28-22(30)14-35-27(33)16-4-8-19(9-5-16)29-25(31)23-17-12-15(2)21(13-17)24(23)26(29)32/h4-12,17,21,23-24H,3,13-14H2,1-2H3,(H,28,30)/t17-,21+,23+,24-/m0/s1. The van der Waals surface area contributed by atoms with E-state index >= 15 is 0 Å². The van der Waals surface area contributed by atoms with Gasteiger partial charge in [0, 0.05) is 5.69 Å². The van der Waals surface area contributed by atoms with Crippen LogP contribution in [0.2, 0.25) is 0 Å². The molecule has 3 amide bonds. The quantitative estimate of drug-likeness (QED) is 0.374. The summed E-state index contributed by atoms with van der Waals surface area (Å²) in [5.41, 5.74) is 2.42. The third-order valence-electron chi connectivity index (χ3n) is 7.03. The highest BCUT2D eigenvalue weighted by Crippen LogP contribution is 2.55. The van der Waals surface area contributed by atoms with Gasteiger partial charge in [-0.1, -0.05) is 11.6 Å². The van der Waals surface area contributed by atoms with Gasteiger partial charge in [-0.05, 0) is 80.6 Å². The molecule has 5 rings (SSSR count). The summed E-state index contributed by atoms with van der Waals surface area (Å²) in [6.07, 6.45) is 3.01. The Hall–Kier alpha value is -3.94. The van der Waals surface area contributed by atoms with Gasteiger partial charge in [-0.3, -0.25) is 19.3 Å². The van der Waals surface area contributed by atoms with Crippen LogP contribution in [0, 0.1) is 23.7 Å². The van der Waals surface area contributed by atoms with Gasteiger partial charge in [-0.15, -0.1) is 0 Å². The molecule has 180 valence electrons. The number of hydrogen-bond donors (Lipinski definition) is 1. The lowest BCUT2D eigenvalue weighted by atomic mass is 9.82. The van der Waals surface area contributed by atoms with Gasteiger partial charge in [0.25, 0.3) is 5.91 Å². The summed E-state index contributed by atoms with van der Waals surface area (Å²) in [5, 5.41) is 2.65. The van der Waals surface area contributed by atoms with Crippen LogP contribution < -0.4 is 15.0 Å². The minimum absolute atomic E-state index is 0.134. The summed E-state index contributed by atoms with van der Waals surface area (Å²) in [4.78, 5) is 51.9. The number of carbonyl (C=O) groups is 4. The van der Waals surface area contributed by atoms with E-state index in [1.54, 1.807) is 36.4 Å². The first-order valence-electron chi connectivity index (χ1n) is 11.7. The Labute approximate surface area is 202 Å². The molecule has 1 aliphatic heterocycles. The Kier molecular flexibility index (Phi) is 5.88. The Morgan fingerprint density at radius 3 is 2.37 bits per heavy atom. The van der Waals surface area contributed by atoms with Crippen LogP contribution in [0.5, 0.6) is 5.75 Å². The molecule has 2 aliphatic carbocycles. The number of anilines is 2. The molecular weight excluding hydrogens is 448 g/mol. The lowest BCUT2D eigenvalue weighted by Gasteiger charge is -2.19. The molecule has 2 aromatic rings. The van der Waals surface area contributed by atoms with Gasteiger partial charge in [0.05, 0.1) is 29.7 Å². The third kappa shape index (κ3) is 4.09. The van der Waals surface area contributed by atoms with Crippen molar-refractivity contribution in [1.82, 2.24) is 0 Å². The molecule has 2 fully saturated rings. The summed E-state index contributed by atoms with van der Waals surface area (Å²) < 4.78 is 10.5. The van der Waals surface area contributed by atoms with Crippen molar-refractivity contribution in [2.24, 2.45) is 23.7 Å². The predicted octanol–water partition coefficient (Wildman–Crippen LogP) is 3.58. The minimum Gasteiger partial charge on any atom is -0.494 e. The van der Waals surface area contributed by atoms with E-state index in [0.29, 0.717) is 23.7 Å². The summed E-state index contributed by atoms with van der Waals surface area (Å²) in [5.74, 6) is -1.07. The van der Waals surface area contributed by atoms with Crippen LogP contribution in [0.4, 0.5) is 11.4 Å². The average molecular weight is 475 g/mol. The summed E-state index contributed by atoms with van der Waals surface area (Å²) in [6.45, 7) is 4.01. The number of nitrogens with one attached hydrogen (secondary N) is 1. The number of hydrogen-bond acceptors (Lipinski definition) is 6. The molecule has 35 heavy (non-hydrogen) atoms. The van der Waals surface area contributed by atoms with E-state index in [0.717, 1.165) is 6.42 Å². The van der Waals surface area contributed by atoms with Gasteiger partial charge >= 0.3 is 5.97 Å². The van der Waals surface area contributed by atoms with Crippen LogP contribution in [0.1, 0.15) is 30.6 Å². The number of amides is 3. The molecule has 0 radical (unpaired) electrons. The molecule has 1 heterocycles. The molecule has 4 atom stereocenters. The van der Waals surface area contributed by atoms with Crippen molar-refractivity contribution in [3.8, 4) is 5.75 Å². The van der Waals surface area contributed by atoms with E-state index in [1.165, 1.54) is 22.6 Å². The van der Waals surface area contributed by atoms with Crippen molar-refractivity contribution >= 4 is 35.1 Å². The second kappa shape index (κ2) is 9.02. The number of nitrogens with zero attached hydrogens (tertiary/aromatic N) is 1. The molecule has 1 saturated carbocycles. The van der Waals surface area contributed by atoms with Crippen molar-refractivity contribution in [2.75, 3.05) is 23.4 Å². The van der Waals surface area contributed by atoms with Crippen LogP contribution in [0.3, 0.4) is 0 Å². The summed E-state index contributed by atoms with van der Waals surface area (Å²) in [6, 6.07) is 13.0. The maximum atomic E-state index is 13.1. The molecular formula is C27H26N2O6. The predicted molar refractivity (Wildman–Crippen MR) is 128 cm³/mol. The maximum absolute atomic E-state index is 13.1. The molecule has 0 aromatic heterocycles. The van der Waals surface area contributed by atoms with E-state index in [-0.39, 0.29) is 41.0 Å². The van der Waals surface area contributed by atoms with Crippen molar-refractivity contribution in [3.63, 3.8) is 0 Å². The molecule has 1 N–H and O–H groups in total. The van der Waals surface area contributed by atoms with Gasteiger partial charge in [0.15, 0.2) is 6.61 Å². The van der Waals surface area contributed by atoms with E-state index < -0.39 is 18.5 Å². The van der Waals surface area contributed by atoms with Crippen LogP contribution in [-0.2, 0) is 19.1 Å². The number of ether oxygens (including phenoxy) is 2. The fourth-order valence-electron chi connectivity index (χ4n) is 5.49. The normalized spacial score (nSPS) is 24.3. The van der Waals surface area contributed by atoms with E-state index in [2.05, 4.69) is 11.4 Å². The van der Waals surface area contributed by atoms with Crippen molar-refractivity contribution in [3.05, 3.63) is 65.7 Å². The molecule has 8 nitrogen and oxygen atoms in total. The molecule has 3 aliphatic rings. The molecule has 2 aromatic carbocycles. The van der Waals surface area contributed by atoms with Gasteiger partial charge < -0.3 is 14.8 Å². The zero-order chi connectivity index (χ0) is 24.7. The van der Waals surface area contributed by atoms with Gasteiger partial charge in [0.2, 0.25) is 11.8 Å². The first kappa shape index (κ1) is 22.8. The van der Waals surface area contributed by atoms with Crippen LogP contribution in [0.25, 0.3) is 0 Å². The average Bonchev–Trinajstić information content (AvgIpc) is 3.49. The van der Waals surface area contributed by atoms with Crippen LogP contribution in [0.15, 0.2) is 60.2 Å².